The molecule has 1 atom stereocenters. The van der Waals surface area contributed by atoms with Gasteiger partial charge < -0.3 is 19.3 Å². The van der Waals surface area contributed by atoms with E-state index in [0.717, 1.165) is 16.9 Å². The van der Waals surface area contributed by atoms with Crippen molar-refractivity contribution in [2.24, 2.45) is 0 Å². The molecule has 9 nitrogen and oxygen atoms in total. The van der Waals surface area contributed by atoms with Crippen LogP contribution in [0.25, 0.3) is 5.76 Å². The van der Waals surface area contributed by atoms with E-state index in [-0.39, 0.29) is 27.9 Å². The van der Waals surface area contributed by atoms with Crippen LogP contribution in [0.15, 0.2) is 97.1 Å². The van der Waals surface area contributed by atoms with Crippen molar-refractivity contribution in [2.75, 3.05) is 18.6 Å². The maximum absolute atomic E-state index is 13.6. The number of amides is 1. The third-order valence-electron chi connectivity index (χ3n) is 6.76. The predicted molar refractivity (Wildman–Crippen MR) is 162 cm³/mol. The Morgan fingerprint density at radius 1 is 1.05 bits per heavy atom. The van der Waals surface area contributed by atoms with Gasteiger partial charge in [0.1, 0.15) is 41.4 Å². The molecule has 1 amide bonds. The number of esters is 1. The molecular formula is C33H28N2O7S. The lowest BCUT2D eigenvalue weighted by molar-refractivity contribution is -0.132. The summed E-state index contributed by atoms with van der Waals surface area (Å²) in [7, 11) is 1.47. The molecule has 1 saturated heterocycles. The van der Waals surface area contributed by atoms with Gasteiger partial charge in [-0.3, -0.25) is 14.5 Å². The number of aliphatic hydroxyl groups is 1. The summed E-state index contributed by atoms with van der Waals surface area (Å²) in [5, 5.41) is 11.6. The van der Waals surface area contributed by atoms with Gasteiger partial charge in [-0.2, -0.15) is 0 Å². The van der Waals surface area contributed by atoms with E-state index in [1.54, 1.807) is 55.5 Å². The lowest BCUT2D eigenvalue weighted by Crippen LogP contribution is -2.29. The number of ether oxygens (including phenoxy) is 3. The number of ketones is 1. The Balaban J connectivity index is 1.55. The van der Waals surface area contributed by atoms with Crippen molar-refractivity contribution in [2.45, 2.75) is 19.6 Å². The van der Waals surface area contributed by atoms with Crippen molar-refractivity contribution in [3.8, 4) is 11.5 Å². The number of carbonyl (C=O) groups excluding carboxylic acids is 3. The van der Waals surface area contributed by atoms with Gasteiger partial charge in [-0.25, -0.2) is 9.78 Å². The summed E-state index contributed by atoms with van der Waals surface area (Å²) in [4.78, 5) is 45.6. The third kappa shape index (κ3) is 5.91. The van der Waals surface area contributed by atoms with Crippen molar-refractivity contribution >= 4 is 39.9 Å². The molecule has 4 aromatic rings. The third-order valence-corrected chi connectivity index (χ3v) is 7.90. The number of aliphatic hydroxyl groups excluding tert-OH is 1. The zero-order valence-corrected chi connectivity index (χ0v) is 24.3. The van der Waals surface area contributed by atoms with Gasteiger partial charge in [-0.05, 0) is 42.8 Å². The van der Waals surface area contributed by atoms with Crippen molar-refractivity contribution < 1.29 is 33.7 Å². The van der Waals surface area contributed by atoms with Crippen LogP contribution in [0.2, 0.25) is 0 Å². The quantitative estimate of drug-likeness (QED) is 0.0779. The molecule has 0 spiro atoms. The molecule has 3 aromatic carbocycles. The minimum atomic E-state index is -1.09. The van der Waals surface area contributed by atoms with Gasteiger partial charge in [0.05, 0.1) is 18.4 Å². The van der Waals surface area contributed by atoms with Crippen LogP contribution in [0.4, 0.5) is 5.13 Å². The first-order valence-corrected chi connectivity index (χ1v) is 14.1. The van der Waals surface area contributed by atoms with Crippen LogP contribution in [-0.4, -0.2) is 41.5 Å². The van der Waals surface area contributed by atoms with Gasteiger partial charge in [-0.1, -0.05) is 72.5 Å². The molecule has 0 bridgehead atoms. The fraction of sp³-hybridized carbons (Fsp3) is 0.152. The van der Waals surface area contributed by atoms with Crippen molar-refractivity contribution in [3.05, 3.63) is 124 Å². The Hall–Kier alpha value is -5.22. The van der Waals surface area contributed by atoms with Crippen molar-refractivity contribution in [1.82, 2.24) is 4.98 Å². The molecule has 1 fully saturated rings. The lowest BCUT2D eigenvalue weighted by Gasteiger charge is -2.24. The van der Waals surface area contributed by atoms with Crippen LogP contribution in [0, 0.1) is 6.92 Å². The number of hydrogen-bond donors (Lipinski definition) is 1. The predicted octanol–water partition coefficient (Wildman–Crippen LogP) is 6.01. The smallest absolute Gasteiger partial charge is 0.350 e. The SMILES string of the molecule is C=CCOC(=O)c1sc(N2C(=O)C(=O)/C(=C(/O)c3ccc(OCc4ccccc4)cc3)C2c2ccccc2OC)nc1C. The minimum absolute atomic E-state index is 0.00726. The lowest BCUT2D eigenvalue weighted by atomic mass is 9.94. The largest absolute Gasteiger partial charge is 0.507 e. The molecule has 1 N–H and O–H groups in total. The molecule has 0 saturated carbocycles. The number of anilines is 1. The molecule has 0 radical (unpaired) electrons. The van der Waals surface area contributed by atoms with E-state index >= 15 is 0 Å². The fourth-order valence-corrected chi connectivity index (χ4v) is 5.68. The highest BCUT2D eigenvalue weighted by atomic mass is 32.1. The van der Waals surface area contributed by atoms with Gasteiger partial charge in [0.15, 0.2) is 5.13 Å². The van der Waals surface area contributed by atoms with Gasteiger partial charge in [0, 0.05) is 11.1 Å². The first-order chi connectivity index (χ1) is 20.8. The number of methoxy groups -OCH3 is 1. The zero-order chi connectivity index (χ0) is 30.5. The maximum Gasteiger partial charge on any atom is 0.350 e. The molecule has 1 aromatic heterocycles. The average molecular weight is 597 g/mol. The highest BCUT2D eigenvalue weighted by Crippen LogP contribution is 2.46. The minimum Gasteiger partial charge on any atom is -0.507 e. The number of hydrogen-bond acceptors (Lipinski definition) is 9. The molecule has 1 unspecified atom stereocenters. The zero-order valence-electron chi connectivity index (χ0n) is 23.5. The number of benzene rings is 3. The highest BCUT2D eigenvalue weighted by molar-refractivity contribution is 7.17. The number of carbonyl (C=O) groups is 3. The van der Waals surface area contributed by atoms with Crippen molar-refractivity contribution in [1.29, 1.82) is 0 Å². The second-order valence-electron chi connectivity index (χ2n) is 9.51. The summed E-state index contributed by atoms with van der Waals surface area (Å²) in [6, 6.07) is 22.1. The second-order valence-corrected chi connectivity index (χ2v) is 10.5. The van der Waals surface area contributed by atoms with Crippen LogP contribution in [0.1, 0.15) is 38.1 Å². The van der Waals surface area contributed by atoms with E-state index in [0.29, 0.717) is 34.9 Å². The average Bonchev–Trinajstić information content (AvgIpc) is 3.55. The molecular weight excluding hydrogens is 568 g/mol. The van der Waals surface area contributed by atoms with E-state index in [9.17, 15) is 19.5 Å². The number of thiazole rings is 1. The Morgan fingerprint density at radius 3 is 2.44 bits per heavy atom. The van der Waals surface area contributed by atoms with Gasteiger partial charge in [0.2, 0.25) is 0 Å². The number of para-hydroxylation sites is 1. The summed E-state index contributed by atoms with van der Waals surface area (Å²) < 4.78 is 16.6. The molecule has 1 aliphatic rings. The topological polar surface area (TPSA) is 115 Å². The van der Waals surface area contributed by atoms with Crippen LogP contribution >= 0.6 is 11.3 Å². The van der Waals surface area contributed by atoms with Crippen LogP contribution < -0.4 is 14.4 Å². The Bertz CT molecular complexity index is 1710. The summed E-state index contributed by atoms with van der Waals surface area (Å²) in [5.41, 5.74) is 1.96. The van der Waals surface area contributed by atoms with E-state index in [2.05, 4.69) is 11.6 Å². The Morgan fingerprint density at radius 2 is 1.74 bits per heavy atom. The Labute approximate surface area is 252 Å². The Kier molecular flexibility index (Phi) is 8.68. The summed E-state index contributed by atoms with van der Waals surface area (Å²) >= 11 is 0.919. The van der Waals surface area contributed by atoms with E-state index in [4.69, 9.17) is 14.2 Å². The number of nitrogens with zero attached hydrogens (tertiary/aromatic N) is 2. The number of Topliss-reactive ketones (excluding diaryl/α,β-unsaturated/α-hetero) is 1. The van der Waals surface area contributed by atoms with Crippen LogP contribution in [0.3, 0.4) is 0 Å². The van der Waals surface area contributed by atoms with Crippen LogP contribution in [-0.2, 0) is 20.9 Å². The molecule has 10 heteroatoms. The summed E-state index contributed by atoms with van der Waals surface area (Å²) in [5.74, 6) is -1.84. The second kappa shape index (κ2) is 12.7. The highest BCUT2D eigenvalue weighted by Gasteiger charge is 2.49. The first-order valence-electron chi connectivity index (χ1n) is 13.3. The normalized spacial score (nSPS) is 15.8. The van der Waals surface area contributed by atoms with E-state index in [1.807, 2.05) is 30.3 Å². The fourth-order valence-electron chi connectivity index (χ4n) is 4.70. The van der Waals surface area contributed by atoms with E-state index in [1.165, 1.54) is 18.1 Å². The molecule has 43 heavy (non-hydrogen) atoms. The number of rotatable bonds is 10. The molecule has 1 aliphatic heterocycles. The number of aromatic nitrogens is 1. The standard InChI is InChI=1S/C33H28N2O7S/c1-4-18-41-32(39)30-20(2)34-33(43-30)35-27(24-12-8-9-13-25(24)40-3)26(29(37)31(35)38)28(36)22-14-16-23(17-15-22)42-19-21-10-6-5-7-11-21/h4-17,27,36H,1,18-19H2,2-3H3/b28-26+. The van der Waals surface area contributed by atoms with Gasteiger partial charge in [0.25, 0.3) is 5.78 Å². The number of aryl methyl sites for hydroxylation is 1. The maximum atomic E-state index is 13.6. The monoisotopic (exact) mass is 596 g/mol. The van der Waals surface area contributed by atoms with Crippen molar-refractivity contribution in [3.63, 3.8) is 0 Å². The molecule has 0 aliphatic carbocycles. The summed E-state index contributed by atoms with van der Waals surface area (Å²) in [6.07, 6.45) is 1.44. The first kappa shape index (κ1) is 29.3. The summed E-state index contributed by atoms with van der Waals surface area (Å²) in [6.45, 7) is 5.53. The molecule has 218 valence electrons. The van der Waals surface area contributed by atoms with Gasteiger partial charge in [-0.15, -0.1) is 0 Å². The van der Waals surface area contributed by atoms with Gasteiger partial charge >= 0.3 is 11.9 Å². The van der Waals surface area contributed by atoms with Crippen LogP contribution in [0.5, 0.6) is 11.5 Å². The molecule has 2 heterocycles. The molecule has 5 rings (SSSR count). The van der Waals surface area contributed by atoms with E-state index < -0.39 is 23.7 Å².